The summed E-state index contributed by atoms with van der Waals surface area (Å²) >= 11 is 0. The molecule has 0 aliphatic heterocycles. The summed E-state index contributed by atoms with van der Waals surface area (Å²) in [5.41, 5.74) is 5.80. The van der Waals surface area contributed by atoms with Gasteiger partial charge in [-0.15, -0.1) is 24.0 Å². The van der Waals surface area contributed by atoms with Gasteiger partial charge in [-0.05, 0) is 33.9 Å². The van der Waals surface area contributed by atoms with Crippen molar-refractivity contribution in [2.75, 3.05) is 27.2 Å². The topological polar surface area (TPSA) is 53.6 Å². The molecular formula is C11H27IN4. The van der Waals surface area contributed by atoms with Crippen LogP contribution in [0, 0.1) is 5.92 Å². The van der Waals surface area contributed by atoms with Crippen molar-refractivity contribution in [2.45, 2.75) is 33.2 Å². The van der Waals surface area contributed by atoms with Crippen molar-refractivity contribution in [3.05, 3.63) is 0 Å². The molecule has 0 aliphatic carbocycles. The molecule has 16 heavy (non-hydrogen) atoms. The molecule has 4 nitrogen and oxygen atoms in total. The van der Waals surface area contributed by atoms with Crippen molar-refractivity contribution in [3.63, 3.8) is 0 Å². The van der Waals surface area contributed by atoms with E-state index in [0.29, 0.717) is 18.4 Å². The van der Waals surface area contributed by atoms with Crippen LogP contribution in [0.15, 0.2) is 4.99 Å². The summed E-state index contributed by atoms with van der Waals surface area (Å²) in [5, 5.41) is 3.10. The third-order valence-corrected chi connectivity index (χ3v) is 2.54. The SMILES string of the molecule is CC(C)CNC(N)=NCC(C)(C)N(C)C.I. The predicted molar refractivity (Wildman–Crippen MR) is 82.5 cm³/mol. The molecule has 0 heterocycles. The van der Waals surface area contributed by atoms with E-state index >= 15 is 0 Å². The van der Waals surface area contributed by atoms with Gasteiger partial charge in [0.15, 0.2) is 5.96 Å². The number of nitrogens with one attached hydrogen (secondary N) is 1. The first-order valence-corrected chi connectivity index (χ1v) is 5.47. The lowest BCUT2D eigenvalue weighted by atomic mass is 10.1. The first kappa shape index (κ1) is 18.3. The van der Waals surface area contributed by atoms with E-state index in [1.807, 2.05) is 14.1 Å². The molecule has 0 unspecified atom stereocenters. The molecule has 0 saturated carbocycles. The molecule has 0 aromatic heterocycles. The summed E-state index contributed by atoms with van der Waals surface area (Å²) in [5.74, 6) is 1.12. The zero-order valence-corrected chi connectivity index (χ0v) is 13.7. The Hall–Kier alpha value is -0.0400. The van der Waals surface area contributed by atoms with Crippen molar-refractivity contribution in [3.8, 4) is 0 Å². The van der Waals surface area contributed by atoms with Crippen LogP contribution in [0.1, 0.15) is 27.7 Å². The van der Waals surface area contributed by atoms with Crippen LogP contribution in [0.4, 0.5) is 0 Å². The normalized spacial score (nSPS) is 12.9. The Kier molecular flexibility index (Phi) is 9.29. The molecular weight excluding hydrogens is 315 g/mol. The summed E-state index contributed by atoms with van der Waals surface area (Å²) in [6.45, 7) is 10.2. The second-order valence-electron chi connectivity index (χ2n) is 5.18. The standard InChI is InChI=1S/C11H26N4.HI/c1-9(2)7-13-10(12)14-8-11(3,4)15(5)6;/h9H,7-8H2,1-6H3,(H3,12,13,14);1H. The average molecular weight is 342 g/mol. The summed E-state index contributed by atoms with van der Waals surface area (Å²) in [4.78, 5) is 6.48. The minimum atomic E-state index is 0. The minimum absolute atomic E-state index is 0. The van der Waals surface area contributed by atoms with Crippen molar-refractivity contribution >= 4 is 29.9 Å². The van der Waals surface area contributed by atoms with Crippen LogP contribution >= 0.6 is 24.0 Å². The minimum Gasteiger partial charge on any atom is -0.370 e. The third-order valence-electron chi connectivity index (χ3n) is 2.54. The van der Waals surface area contributed by atoms with Gasteiger partial charge >= 0.3 is 0 Å². The van der Waals surface area contributed by atoms with E-state index in [1.54, 1.807) is 0 Å². The van der Waals surface area contributed by atoms with Gasteiger partial charge in [0.25, 0.3) is 0 Å². The molecule has 0 atom stereocenters. The largest absolute Gasteiger partial charge is 0.370 e. The molecule has 0 amide bonds. The van der Waals surface area contributed by atoms with Gasteiger partial charge in [-0.25, -0.2) is 0 Å². The van der Waals surface area contributed by atoms with Crippen molar-refractivity contribution in [1.82, 2.24) is 10.2 Å². The predicted octanol–water partition coefficient (Wildman–Crippen LogP) is 1.50. The van der Waals surface area contributed by atoms with E-state index in [-0.39, 0.29) is 29.5 Å². The fourth-order valence-electron chi connectivity index (χ4n) is 0.785. The average Bonchev–Trinajstić information content (AvgIpc) is 2.11. The van der Waals surface area contributed by atoms with Crippen LogP contribution < -0.4 is 11.1 Å². The number of halogens is 1. The van der Waals surface area contributed by atoms with Gasteiger partial charge in [-0.1, -0.05) is 13.8 Å². The smallest absolute Gasteiger partial charge is 0.188 e. The van der Waals surface area contributed by atoms with E-state index in [0.717, 1.165) is 6.54 Å². The molecule has 3 N–H and O–H groups in total. The molecule has 0 aromatic carbocycles. The first-order chi connectivity index (χ1) is 6.75. The van der Waals surface area contributed by atoms with Gasteiger partial charge in [-0.3, -0.25) is 4.99 Å². The maximum Gasteiger partial charge on any atom is 0.188 e. The lowest BCUT2D eigenvalue weighted by molar-refractivity contribution is 0.205. The first-order valence-electron chi connectivity index (χ1n) is 5.47. The summed E-state index contributed by atoms with van der Waals surface area (Å²) in [6, 6.07) is 0. The Balaban J connectivity index is 0. The van der Waals surface area contributed by atoms with Crippen molar-refractivity contribution in [1.29, 1.82) is 0 Å². The van der Waals surface area contributed by atoms with E-state index in [2.05, 4.69) is 42.9 Å². The van der Waals surface area contributed by atoms with E-state index in [9.17, 15) is 0 Å². The highest BCUT2D eigenvalue weighted by Crippen LogP contribution is 2.09. The molecule has 0 radical (unpaired) electrons. The Bertz CT molecular complexity index is 212. The maximum atomic E-state index is 5.75. The number of nitrogens with two attached hydrogens (primary N) is 1. The lowest BCUT2D eigenvalue weighted by Gasteiger charge is -2.30. The summed E-state index contributed by atoms with van der Waals surface area (Å²) in [7, 11) is 4.10. The Morgan fingerprint density at radius 3 is 2.25 bits per heavy atom. The quantitative estimate of drug-likeness (QED) is 0.452. The van der Waals surface area contributed by atoms with Crippen molar-refractivity contribution in [2.24, 2.45) is 16.6 Å². The van der Waals surface area contributed by atoms with Crippen LogP contribution in [0.25, 0.3) is 0 Å². The van der Waals surface area contributed by atoms with Crippen molar-refractivity contribution < 1.29 is 0 Å². The zero-order chi connectivity index (χ0) is 12.1. The highest BCUT2D eigenvalue weighted by atomic mass is 127. The molecule has 0 aliphatic rings. The maximum absolute atomic E-state index is 5.75. The van der Waals surface area contributed by atoms with E-state index < -0.39 is 0 Å². The van der Waals surface area contributed by atoms with Gasteiger partial charge in [0.05, 0.1) is 6.54 Å². The second-order valence-corrected chi connectivity index (χ2v) is 5.18. The Morgan fingerprint density at radius 2 is 1.88 bits per heavy atom. The lowest BCUT2D eigenvalue weighted by Crippen LogP contribution is -2.43. The highest BCUT2D eigenvalue weighted by molar-refractivity contribution is 14.0. The van der Waals surface area contributed by atoms with Crippen LogP contribution in [0.3, 0.4) is 0 Å². The third kappa shape index (κ3) is 8.15. The van der Waals surface area contributed by atoms with Crippen LogP contribution in [-0.2, 0) is 0 Å². The fraction of sp³-hybridized carbons (Fsp3) is 0.909. The molecule has 0 aromatic rings. The summed E-state index contributed by atoms with van der Waals surface area (Å²) in [6.07, 6.45) is 0. The fourth-order valence-corrected chi connectivity index (χ4v) is 0.785. The van der Waals surface area contributed by atoms with Crippen LogP contribution in [-0.4, -0.2) is 43.6 Å². The van der Waals surface area contributed by atoms with E-state index in [1.165, 1.54) is 0 Å². The number of hydrogen-bond donors (Lipinski definition) is 2. The number of hydrogen-bond acceptors (Lipinski definition) is 2. The second kappa shape index (κ2) is 8.11. The Labute approximate surface area is 117 Å². The van der Waals surface area contributed by atoms with Crippen LogP contribution in [0.2, 0.25) is 0 Å². The molecule has 0 spiro atoms. The van der Waals surface area contributed by atoms with Gasteiger partial charge in [-0.2, -0.15) is 0 Å². The zero-order valence-electron chi connectivity index (χ0n) is 11.4. The van der Waals surface area contributed by atoms with Gasteiger partial charge in [0, 0.05) is 12.1 Å². The number of nitrogens with zero attached hydrogens (tertiary/aromatic N) is 2. The molecule has 0 saturated heterocycles. The molecule has 0 bridgehead atoms. The monoisotopic (exact) mass is 342 g/mol. The molecule has 5 heteroatoms. The highest BCUT2D eigenvalue weighted by Gasteiger charge is 2.19. The van der Waals surface area contributed by atoms with E-state index in [4.69, 9.17) is 5.73 Å². The summed E-state index contributed by atoms with van der Waals surface area (Å²) < 4.78 is 0. The Morgan fingerprint density at radius 1 is 1.38 bits per heavy atom. The van der Waals surface area contributed by atoms with Gasteiger partial charge in [0.1, 0.15) is 0 Å². The number of likely N-dealkylation sites (N-methyl/N-ethyl adjacent to an activating group) is 1. The van der Waals surface area contributed by atoms with Crippen LogP contribution in [0.5, 0.6) is 0 Å². The van der Waals surface area contributed by atoms with Gasteiger partial charge in [0.2, 0.25) is 0 Å². The molecule has 0 fully saturated rings. The molecule has 0 rings (SSSR count). The number of rotatable bonds is 5. The van der Waals surface area contributed by atoms with Gasteiger partial charge < -0.3 is 16.0 Å². The number of aliphatic imine (C=N–C) groups is 1. The number of guanidine groups is 1. The molecule has 98 valence electrons.